The lowest BCUT2D eigenvalue weighted by atomic mass is 10.1. The molecule has 2 aliphatic heterocycles. The molecule has 0 fully saturated rings. The first kappa shape index (κ1) is 31.7. The van der Waals surface area contributed by atoms with Crippen LogP contribution in [-0.4, -0.2) is 30.6 Å². The molecule has 6 rings (SSSR count). The van der Waals surface area contributed by atoms with E-state index in [4.69, 9.17) is 32.7 Å². The summed E-state index contributed by atoms with van der Waals surface area (Å²) < 4.78 is 12.7. The maximum Gasteiger partial charge on any atom is 0.210 e. The van der Waals surface area contributed by atoms with Crippen LogP contribution in [0.5, 0.6) is 57.5 Å². The molecule has 8 nitrogen and oxygen atoms in total. The molecular formula is C32H24Br2Cl2O8. The number of ether oxygens (including phenoxy) is 2. The third-order valence-corrected chi connectivity index (χ3v) is 8.57. The lowest BCUT2D eigenvalue weighted by Gasteiger charge is -2.16. The van der Waals surface area contributed by atoms with Crippen LogP contribution in [0.25, 0.3) is 0 Å². The maximum atomic E-state index is 10.7. The van der Waals surface area contributed by atoms with Crippen LogP contribution in [0.4, 0.5) is 0 Å². The van der Waals surface area contributed by atoms with Crippen molar-refractivity contribution >= 4 is 55.1 Å². The quantitative estimate of drug-likeness (QED) is 0.104. The molecule has 0 amide bonds. The van der Waals surface area contributed by atoms with Gasteiger partial charge in [-0.1, -0.05) is 35.4 Å². The molecule has 0 radical (unpaired) electrons. The molecule has 0 saturated carbocycles. The SMILES string of the molecule is Oc1cc(O)c2c(c1)CC(Cl)=CCc1cc(c(Br)cc1O)Oc1c(O)cc(cc1O)CC(Cl)=CCc1cc(c(Br)cc1O)O2. The van der Waals surface area contributed by atoms with Crippen LogP contribution in [0.2, 0.25) is 0 Å². The number of aromatic hydroxyl groups is 6. The Balaban J connectivity index is 1.63. The molecule has 0 aliphatic carbocycles. The smallest absolute Gasteiger partial charge is 0.210 e. The summed E-state index contributed by atoms with van der Waals surface area (Å²) >= 11 is 19.8. The Bertz CT molecular complexity index is 1820. The largest absolute Gasteiger partial charge is 0.508 e. The van der Waals surface area contributed by atoms with Gasteiger partial charge in [0.05, 0.1) is 8.95 Å². The van der Waals surface area contributed by atoms with E-state index in [0.717, 1.165) is 6.07 Å². The molecule has 0 unspecified atom stereocenters. The molecule has 4 aromatic carbocycles. The van der Waals surface area contributed by atoms with Crippen molar-refractivity contribution in [1.82, 2.24) is 0 Å². The minimum absolute atomic E-state index is 0.0325. The van der Waals surface area contributed by atoms with E-state index < -0.39 is 0 Å². The highest BCUT2D eigenvalue weighted by Crippen LogP contribution is 2.45. The average molecular weight is 767 g/mol. The normalized spacial score (nSPS) is 13.8. The summed E-state index contributed by atoms with van der Waals surface area (Å²) in [6.07, 6.45) is 3.88. The number of fused-ring (bicyclic) bond motifs is 6. The van der Waals surface area contributed by atoms with E-state index in [0.29, 0.717) is 41.3 Å². The number of rotatable bonds is 0. The standard InChI is InChI=1S/C32H24Br2Cl2O8/c33-22-13-24(38)16-1-3-19(35)5-15-6-26(40)32(27(41)7-15)44-30-11-17(25(39)14-23(30)34)2-4-20(36)8-18-9-21(37)12-28(42)31(18)43-29(22)10-16/h3-4,6-7,9-14,37-42H,1-2,5,8H2. The first-order valence-electron chi connectivity index (χ1n) is 13.0. The van der Waals surface area contributed by atoms with Gasteiger partial charge in [0.15, 0.2) is 23.0 Å². The van der Waals surface area contributed by atoms with Gasteiger partial charge < -0.3 is 40.1 Å². The minimum Gasteiger partial charge on any atom is -0.508 e. The third-order valence-electron chi connectivity index (χ3n) is 6.75. The van der Waals surface area contributed by atoms with E-state index in [2.05, 4.69) is 31.9 Å². The third kappa shape index (κ3) is 7.15. The molecule has 2 aliphatic rings. The lowest BCUT2D eigenvalue weighted by molar-refractivity contribution is 0.373. The Morgan fingerprint density at radius 1 is 0.523 bits per heavy atom. The molecule has 0 atom stereocenters. The van der Waals surface area contributed by atoms with Gasteiger partial charge in [0, 0.05) is 45.7 Å². The zero-order chi connectivity index (χ0) is 31.7. The molecule has 0 saturated heterocycles. The van der Waals surface area contributed by atoms with Crippen molar-refractivity contribution in [3.05, 3.63) is 102 Å². The van der Waals surface area contributed by atoms with Crippen molar-refractivity contribution in [2.45, 2.75) is 25.7 Å². The first-order chi connectivity index (χ1) is 20.9. The van der Waals surface area contributed by atoms with Gasteiger partial charge in [0.25, 0.3) is 0 Å². The second-order valence-corrected chi connectivity index (χ2v) is 12.7. The van der Waals surface area contributed by atoms with Crippen molar-refractivity contribution in [2.75, 3.05) is 0 Å². The lowest BCUT2D eigenvalue weighted by Crippen LogP contribution is -1.97. The number of allylic oxidation sites excluding steroid dienone is 4. The van der Waals surface area contributed by atoms with Crippen LogP contribution < -0.4 is 9.47 Å². The van der Waals surface area contributed by atoms with Crippen molar-refractivity contribution in [1.29, 1.82) is 0 Å². The van der Waals surface area contributed by atoms with Crippen LogP contribution in [0.1, 0.15) is 22.3 Å². The highest BCUT2D eigenvalue weighted by atomic mass is 79.9. The van der Waals surface area contributed by atoms with Gasteiger partial charge in [-0.2, -0.15) is 0 Å². The topological polar surface area (TPSA) is 140 Å². The first-order valence-corrected chi connectivity index (χ1v) is 15.4. The van der Waals surface area contributed by atoms with Crippen LogP contribution in [0, 0.1) is 0 Å². The monoisotopic (exact) mass is 764 g/mol. The molecule has 2 heterocycles. The van der Waals surface area contributed by atoms with Crippen molar-refractivity contribution in [3.63, 3.8) is 0 Å². The van der Waals surface area contributed by atoms with Gasteiger partial charge in [0.2, 0.25) is 5.75 Å². The number of benzene rings is 4. The van der Waals surface area contributed by atoms with Gasteiger partial charge in [-0.05, 0) is 92.7 Å². The Kier molecular flexibility index (Phi) is 9.45. The molecule has 228 valence electrons. The van der Waals surface area contributed by atoms with E-state index in [1.807, 2.05) is 0 Å². The summed E-state index contributed by atoms with van der Waals surface area (Å²) in [5, 5.41) is 64.2. The molecule has 4 aromatic rings. The van der Waals surface area contributed by atoms with Crippen molar-refractivity contribution in [3.8, 4) is 57.5 Å². The summed E-state index contributed by atoms with van der Waals surface area (Å²) in [5.41, 5.74) is 1.75. The molecule has 6 bridgehead atoms. The summed E-state index contributed by atoms with van der Waals surface area (Å²) in [6, 6.07) is 11.4. The number of phenolic OH excluding ortho intramolecular Hbond substituents is 6. The summed E-state index contributed by atoms with van der Waals surface area (Å²) in [4.78, 5) is 0. The second-order valence-electron chi connectivity index (χ2n) is 10.0. The van der Waals surface area contributed by atoms with E-state index in [-0.39, 0.29) is 83.2 Å². The van der Waals surface area contributed by atoms with Crippen LogP contribution in [-0.2, 0) is 25.7 Å². The Morgan fingerprint density at radius 2 is 1.00 bits per heavy atom. The molecule has 6 N–H and O–H groups in total. The predicted molar refractivity (Wildman–Crippen MR) is 174 cm³/mol. The van der Waals surface area contributed by atoms with Gasteiger partial charge in [-0.25, -0.2) is 0 Å². The Labute approximate surface area is 278 Å². The predicted octanol–water partition coefficient (Wildman–Crippen LogP) is 9.16. The highest BCUT2D eigenvalue weighted by molar-refractivity contribution is 9.11. The molecule has 0 spiro atoms. The average Bonchev–Trinajstić information content (AvgIpc) is 2.93. The van der Waals surface area contributed by atoms with E-state index in [1.165, 1.54) is 36.4 Å². The molecule has 0 aromatic heterocycles. The van der Waals surface area contributed by atoms with Crippen molar-refractivity contribution < 1.29 is 40.1 Å². The fourth-order valence-corrected chi connectivity index (χ4v) is 5.88. The molecular weight excluding hydrogens is 743 g/mol. The maximum absolute atomic E-state index is 10.7. The number of hydrogen-bond acceptors (Lipinski definition) is 8. The van der Waals surface area contributed by atoms with E-state index >= 15 is 0 Å². The number of halogens is 4. The van der Waals surface area contributed by atoms with Crippen LogP contribution >= 0.6 is 55.1 Å². The zero-order valence-corrected chi connectivity index (χ0v) is 27.3. The Morgan fingerprint density at radius 3 is 1.55 bits per heavy atom. The second kappa shape index (κ2) is 13.1. The summed E-state index contributed by atoms with van der Waals surface area (Å²) in [5.74, 6) is -0.933. The van der Waals surface area contributed by atoms with Gasteiger partial charge in [-0.15, -0.1) is 0 Å². The van der Waals surface area contributed by atoms with Crippen LogP contribution in [0.3, 0.4) is 0 Å². The highest BCUT2D eigenvalue weighted by Gasteiger charge is 2.19. The van der Waals surface area contributed by atoms with E-state index in [1.54, 1.807) is 18.2 Å². The van der Waals surface area contributed by atoms with Gasteiger partial charge in [0.1, 0.15) is 28.7 Å². The van der Waals surface area contributed by atoms with Gasteiger partial charge in [-0.3, -0.25) is 0 Å². The number of phenols is 6. The Hall–Kier alpha value is -3.70. The summed E-state index contributed by atoms with van der Waals surface area (Å²) in [6.45, 7) is 0. The fraction of sp³-hybridized carbons (Fsp3) is 0.125. The fourth-order valence-electron chi connectivity index (χ4n) is 4.60. The molecule has 12 heteroatoms. The van der Waals surface area contributed by atoms with Crippen molar-refractivity contribution in [2.24, 2.45) is 0 Å². The molecule has 44 heavy (non-hydrogen) atoms. The zero-order valence-electron chi connectivity index (χ0n) is 22.6. The number of hydrogen-bond donors (Lipinski definition) is 6. The van der Waals surface area contributed by atoms with Gasteiger partial charge >= 0.3 is 0 Å². The summed E-state index contributed by atoms with van der Waals surface area (Å²) in [7, 11) is 0. The van der Waals surface area contributed by atoms with Crippen LogP contribution in [0.15, 0.2) is 79.7 Å². The van der Waals surface area contributed by atoms with E-state index in [9.17, 15) is 30.6 Å². The minimum atomic E-state index is -0.326.